The molecule has 2 aromatic heterocycles. The second-order valence-corrected chi connectivity index (χ2v) is 7.05. The van der Waals surface area contributed by atoms with Crippen LogP contribution in [0.15, 0.2) is 10.5 Å². The lowest BCUT2D eigenvalue weighted by Crippen LogP contribution is -2.40. The van der Waals surface area contributed by atoms with Gasteiger partial charge >= 0.3 is 5.97 Å². The number of furan rings is 1. The Bertz CT molecular complexity index is 739. The van der Waals surface area contributed by atoms with Crippen LogP contribution in [0.4, 0.5) is 0 Å². The molecule has 0 aliphatic rings. The van der Waals surface area contributed by atoms with Crippen molar-refractivity contribution in [3.63, 3.8) is 0 Å². The number of hydrogen-bond donors (Lipinski definition) is 2. The summed E-state index contributed by atoms with van der Waals surface area (Å²) < 4.78 is 5.39. The molecule has 0 bridgehead atoms. The van der Waals surface area contributed by atoms with E-state index in [1.54, 1.807) is 6.92 Å². The number of carboxylic acid groups (broad SMARTS) is 1. The van der Waals surface area contributed by atoms with Gasteiger partial charge in [0.15, 0.2) is 5.76 Å². The number of aromatic nitrogens is 1. The molecule has 7 heteroatoms. The Morgan fingerprint density at radius 1 is 1.39 bits per heavy atom. The van der Waals surface area contributed by atoms with Crippen molar-refractivity contribution in [3.05, 3.63) is 38.7 Å². The molecule has 2 rings (SSSR count). The standard InChI is InChI=1S/C16H20N2O4S/c1-6-11-10(14(20)21)7-12(22-11)13(19)18-16(4,5)15-17-8(2)9(3)23-15/h7H,6H2,1-5H3,(H,18,19)(H,20,21). The Morgan fingerprint density at radius 3 is 2.48 bits per heavy atom. The van der Waals surface area contributed by atoms with Crippen LogP contribution >= 0.6 is 11.3 Å². The number of carboxylic acids is 1. The minimum Gasteiger partial charge on any atom is -0.478 e. The monoisotopic (exact) mass is 336 g/mol. The average molecular weight is 336 g/mol. The van der Waals surface area contributed by atoms with Crippen molar-refractivity contribution in [1.82, 2.24) is 10.3 Å². The van der Waals surface area contributed by atoms with Gasteiger partial charge in [0.2, 0.25) is 0 Å². The fourth-order valence-corrected chi connectivity index (χ4v) is 3.10. The third kappa shape index (κ3) is 3.44. The Hall–Kier alpha value is -2.15. The van der Waals surface area contributed by atoms with E-state index in [0.717, 1.165) is 15.6 Å². The first-order valence-electron chi connectivity index (χ1n) is 7.28. The first-order chi connectivity index (χ1) is 10.7. The van der Waals surface area contributed by atoms with E-state index in [4.69, 9.17) is 9.52 Å². The molecule has 0 radical (unpaired) electrons. The van der Waals surface area contributed by atoms with E-state index in [1.165, 1.54) is 17.4 Å². The second-order valence-electron chi connectivity index (χ2n) is 5.85. The van der Waals surface area contributed by atoms with Crippen LogP contribution in [-0.4, -0.2) is 22.0 Å². The molecule has 2 aromatic rings. The predicted molar refractivity (Wildman–Crippen MR) is 87.1 cm³/mol. The molecule has 2 heterocycles. The zero-order valence-corrected chi connectivity index (χ0v) is 14.6. The fraction of sp³-hybridized carbons (Fsp3) is 0.438. The quantitative estimate of drug-likeness (QED) is 0.874. The molecule has 0 saturated carbocycles. The molecule has 2 N–H and O–H groups in total. The molecule has 0 fully saturated rings. The molecule has 0 unspecified atom stereocenters. The second kappa shape index (κ2) is 6.16. The summed E-state index contributed by atoms with van der Waals surface area (Å²) >= 11 is 1.53. The lowest BCUT2D eigenvalue weighted by molar-refractivity contribution is 0.0694. The van der Waals surface area contributed by atoms with E-state index in [0.29, 0.717) is 12.2 Å². The summed E-state index contributed by atoms with van der Waals surface area (Å²) in [5.41, 5.74) is 0.284. The van der Waals surface area contributed by atoms with Gasteiger partial charge in [-0.05, 0) is 27.7 Å². The van der Waals surface area contributed by atoms with E-state index < -0.39 is 17.4 Å². The van der Waals surface area contributed by atoms with Crippen LogP contribution in [0.5, 0.6) is 0 Å². The topological polar surface area (TPSA) is 92.4 Å². The zero-order chi connectivity index (χ0) is 17.4. The maximum Gasteiger partial charge on any atom is 0.339 e. The highest BCUT2D eigenvalue weighted by atomic mass is 32.1. The maximum atomic E-state index is 12.4. The van der Waals surface area contributed by atoms with E-state index in [9.17, 15) is 9.59 Å². The van der Waals surface area contributed by atoms with E-state index >= 15 is 0 Å². The molecule has 1 amide bonds. The lowest BCUT2D eigenvalue weighted by Gasteiger charge is -2.23. The van der Waals surface area contributed by atoms with Crippen LogP contribution in [0.25, 0.3) is 0 Å². The minimum absolute atomic E-state index is 0.00248. The van der Waals surface area contributed by atoms with Crippen LogP contribution in [0.2, 0.25) is 0 Å². The highest BCUT2D eigenvalue weighted by Gasteiger charge is 2.29. The van der Waals surface area contributed by atoms with Crippen LogP contribution in [-0.2, 0) is 12.0 Å². The summed E-state index contributed by atoms with van der Waals surface area (Å²) in [5, 5.41) is 12.8. The predicted octanol–water partition coefficient (Wildman–Crippen LogP) is 3.28. The van der Waals surface area contributed by atoms with E-state index in [-0.39, 0.29) is 11.3 Å². The third-order valence-electron chi connectivity index (χ3n) is 3.57. The van der Waals surface area contributed by atoms with Gasteiger partial charge in [0, 0.05) is 17.4 Å². The Balaban J connectivity index is 2.26. The summed E-state index contributed by atoms with van der Waals surface area (Å²) in [5.74, 6) is -1.27. The van der Waals surface area contributed by atoms with Crippen molar-refractivity contribution in [2.24, 2.45) is 0 Å². The SMILES string of the molecule is CCc1oc(C(=O)NC(C)(C)c2nc(C)c(C)s2)cc1C(=O)O. The van der Waals surface area contributed by atoms with Crippen molar-refractivity contribution in [1.29, 1.82) is 0 Å². The molecular formula is C16H20N2O4S. The minimum atomic E-state index is -1.10. The van der Waals surface area contributed by atoms with E-state index in [2.05, 4.69) is 10.3 Å². The van der Waals surface area contributed by atoms with Crippen molar-refractivity contribution in [2.75, 3.05) is 0 Å². The average Bonchev–Trinajstić information content (AvgIpc) is 3.03. The molecule has 0 aromatic carbocycles. The van der Waals surface area contributed by atoms with E-state index in [1.807, 2.05) is 27.7 Å². The van der Waals surface area contributed by atoms with Crippen LogP contribution in [0, 0.1) is 13.8 Å². The first-order valence-corrected chi connectivity index (χ1v) is 8.10. The number of hydrogen-bond acceptors (Lipinski definition) is 5. The molecule has 0 spiro atoms. The number of carbonyl (C=O) groups excluding carboxylic acids is 1. The Morgan fingerprint density at radius 2 is 2.04 bits per heavy atom. The van der Waals surface area contributed by atoms with Crippen molar-refractivity contribution in [2.45, 2.75) is 46.6 Å². The molecule has 0 atom stereocenters. The van der Waals surface area contributed by atoms with Gasteiger partial charge < -0.3 is 14.8 Å². The largest absolute Gasteiger partial charge is 0.478 e. The number of aryl methyl sites for hydroxylation is 3. The van der Waals surface area contributed by atoms with Crippen molar-refractivity contribution in [3.8, 4) is 0 Å². The smallest absolute Gasteiger partial charge is 0.339 e. The Kier molecular flexibility index (Phi) is 4.61. The van der Waals surface area contributed by atoms with Crippen LogP contribution in [0.1, 0.15) is 63.0 Å². The zero-order valence-electron chi connectivity index (χ0n) is 13.8. The van der Waals surface area contributed by atoms with Crippen LogP contribution < -0.4 is 5.32 Å². The van der Waals surface area contributed by atoms with Gasteiger partial charge in [-0.15, -0.1) is 11.3 Å². The molecule has 6 nitrogen and oxygen atoms in total. The van der Waals surface area contributed by atoms with Gasteiger partial charge in [0.1, 0.15) is 16.3 Å². The number of nitrogens with zero attached hydrogens (tertiary/aromatic N) is 1. The number of thiazole rings is 1. The lowest BCUT2D eigenvalue weighted by atomic mass is 10.1. The molecule has 0 saturated heterocycles. The van der Waals surface area contributed by atoms with Gasteiger partial charge in [-0.2, -0.15) is 0 Å². The van der Waals surface area contributed by atoms with Gasteiger partial charge in [-0.3, -0.25) is 4.79 Å². The molecule has 0 aliphatic heterocycles. The number of aromatic carboxylic acids is 1. The number of rotatable bonds is 5. The van der Waals surface area contributed by atoms with Gasteiger partial charge in [0.25, 0.3) is 5.91 Å². The normalized spacial score (nSPS) is 11.5. The van der Waals surface area contributed by atoms with Crippen molar-refractivity contribution >= 4 is 23.2 Å². The summed E-state index contributed by atoms with van der Waals surface area (Å²) in [7, 11) is 0. The van der Waals surface area contributed by atoms with Crippen molar-refractivity contribution < 1.29 is 19.1 Å². The number of amides is 1. The molecule has 124 valence electrons. The maximum absolute atomic E-state index is 12.4. The summed E-state index contributed by atoms with van der Waals surface area (Å²) in [4.78, 5) is 29.1. The number of carbonyl (C=O) groups is 2. The molecule has 0 aliphatic carbocycles. The fourth-order valence-electron chi connectivity index (χ4n) is 2.12. The first kappa shape index (κ1) is 17.2. The van der Waals surface area contributed by atoms with Crippen LogP contribution in [0.3, 0.4) is 0 Å². The van der Waals surface area contributed by atoms with Gasteiger partial charge in [0.05, 0.1) is 11.2 Å². The summed E-state index contributed by atoms with van der Waals surface area (Å²) in [6, 6.07) is 1.27. The molecular weight excluding hydrogens is 316 g/mol. The highest BCUT2D eigenvalue weighted by molar-refractivity contribution is 7.11. The third-order valence-corrected chi connectivity index (χ3v) is 4.97. The Labute approximate surface area is 138 Å². The summed E-state index contributed by atoms with van der Waals surface area (Å²) in [6.07, 6.45) is 0.406. The van der Waals surface area contributed by atoms with Gasteiger partial charge in [-0.1, -0.05) is 6.92 Å². The summed E-state index contributed by atoms with van der Waals surface area (Å²) in [6.45, 7) is 9.38. The van der Waals surface area contributed by atoms with Gasteiger partial charge in [-0.25, -0.2) is 9.78 Å². The number of nitrogens with one attached hydrogen (secondary N) is 1. The molecule has 23 heavy (non-hydrogen) atoms. The highest BCUT2D eigenvalue weighted by Crippen LogP contribution is 2.28.